The molecule has 2 aliphatic rings. The van der Waals surface area contributed by atoms with Crippen LogP contribution in [-0.4, -0.2) is 111 Å². The molecular weight excluding hydrogens is 392 g/mol. The Morgan fingerprint density at radius 2 is 1.42 bits per heavy atom. The van der Waals surface area contributed by atoms with Crippen LogP contribution in [0.4, 0.5) is 17.8 Å². The van der Waals surface area contributed by atoms with E-state index in [-0.39, 0.29) is 0 Å². The van der Waals surface area contributed by atoms with Gasteiger partial charge in [-0.15, -0.1) is 0 Å². The van der Waals surface area contributed by atoms with E-state index in [1.54, 1.807) is 7.11 Å². The Balaban J connectivity index is 1.71. The van der Waals surface area contributed by atoms with E-state index in [0.717, 1.165) is 64.3 Å². The number of hydrogen-bond donors (Lipinski definition) is 1. The highest BCUT2D eigenvalue weighted by atomic mass is 16.5. The summed E-state index contributed by atoms with van der Waals surface area (Å²) in [6, 6.07) is 0. The number of ether oxygens (including phenoxy) is 1. The molecule has 0 amide bonds. The quantitative estimate of drug-likeness (QED) is 0.493. The first kappa shape index (κ1) is 23.9. The summed E-state index contributed by atoms with van der Waals surface area (Å²) in [5, 5.41) is 3.32. The lowest BCUT2D eigenvalue weighted by Gasteiger charge is -2.23. The number of nitrogens with one attached hydrogen (secondary N) is 1. The first-order valence-corrected chi connectivity index (χ1v) is 11.9. The van der Waals surface area contributed by atoms with E-state index in [4.69, 9.17) is 19.7 Å². The second kappa shape index (κ2) is 11.8. The highest BCUT2D eigenvalue weighted by molar-refractivity contribution is 5.46. The fourth-order valence-corrected chi connectivity index (χ4v) is 4.45. The van der Waals surface area contributed by atoms with Crippen LogP contribution < -0.4 is 15.1 Å². The number of methoxy groups -OCH3 is 1. The smallest absolute Gasteiger partial charge is 0.231 e. The largest absolute Gasteiger partial charge is 0.383 e. The van der Waals surface area contributed by atoms with Gasteiger partial charge in [0.2, 0.25) is 17.8 Å². The van der Waals surface area contributed by atoms with Gasteiger partial charge in [0.1, 0.15) is 0 Å². The molecule has 2 fully saturated rings. The average Bonchev–Trinajstić information content (AvgIpc) is 3.43. The molecule has 0 aromatic carbocycles. The number of hydrogen-bond acceptors (Lipinski definition) is 9. The van der Waals surface area contributed by atoms with E-state index < -0.39 is 0 Å². The molecule has 1 aromatic heterocycles. The third kappa shape index (κ3) is 6.89. The van der Waals surface area contributed by atoms with E-state index in [2.05, 4.69) is 52.9 Å². The van der Waals surface area contributed by atoms with E-state index in [1.807, 2.05) is 0 Å². The summed E-state index contributed by atoms with van der Waals surface area (Å²) in [5.74, 6) is 3.59. The van der Waals surface area contributed by atoms with Crippen LogP contribution in [0.15, 0.2) is 0 Å². The Morgan fingerprint density at radius 3 is 1.87 bits per heavy atom. The van der Waals surface area contributed by atoms with Crippen molar-refractivity contribution in [1.82, 2.24) is 24.8 Å². The van der Waals surface area contributed by atoms with Crippen LogP contribution in [0.5, 0.6) is 0 Å². The molecule has 0 aliphatic carbocycles. The van der Waals surface area contributed by atoms with Crippen LogP contribution >= 0.6 is 0 Å². The Bertz CT molecular complexity index is 627. The van der Waals surface area contributed by atoms with Crippen LogP contribution in [0.2, 0.25) is 0 Å². The van der Waals surface area contributed by atoms with Crippen molar-refractivity contribution >= 4 is 17.8 Å². The minimum absolute atomic E-state index is 0.626. The Kier molecular flexibility index (Phi) is 9.10. The van der Waals surface area contributed by atoms with Gasteiger partial charge < -0.3 is 29.7 Å². The van der Waals surface area contributed by atoms with Crippen LogP contribution in [0.1, 0.15) is 26.7 Å². The fourth-order valence-electron chi connectivity index (χ4n) is 4.45. The summed E-state index contributed by atoms with van der Waals surface area (Å²) in [5.41, 5.74) is 0. The summed E-state index contributed by atoms with van der Waals surface area (Å²) in [6.45, 7) is 14.2. The van der Waals surface area contributed by atoms with Gasteiger partial charge in [0, 0.05) is 52.9 Å². The van der Waals surface area contributed by atoms with Gasteiger partial charge in [0.25, 0.3) is 0 Å². The van der Waals surface area contributed by atoms with E-state index in [1.165, 1.54) is 12.8 Å². The van der Waals surface area contributed by atoms with Crippen LogP contribution in [0.25, 0.3) is 0 Å². The van der Waals surface area contributed by atoms with Gasteiger partial charge in [-0.25, -0.2) is 0 Å². The molecule has 2 saturated heterocycles. The maximum atomic E-state index is 5.18. The highest BCUT2D eigenvalue weighted by Gasteiger charge is 2.29. The summed E-state index contributed by atoms with van der Waals surface area (Å²) in [6.07, 6.45) is 2.37. The zero-order chi connectivity index (χ0) is 22.2. The first-order chi connectivity index (χ1) is 15.0. The van der Waals surface area contributed by atoms with Crippen molar-refractivity contribution in [2.75, 3.05) is 102 Å². The lowest BCUT2D eigenvalue weighted by atomic mass is 10.1. The Morgan fingerprint density at radius 1 is 0.903 bits per heavy atom. The molecule has 0 radical (unpaired) electrons. The third-order valence-corrected chi connectivity index (χ3v) is 6.56. The van der Waals surface area contributed by atoms with Crippen LogP contribution in [-0.2, 0) is 4.74 Å². The van der Waals surface area contributed by atoms with Gasteiger partial charge in [0.15, 0.2) is 0 Å². The van der Waals surface area contributed by atoms with Crippen molar-refractivity contribution in [3.63, 3.8) is 0 Å². The summed E-state index contributed by atoms with van der Waals surface area (Å²) in [7, 11) is 6.10. The number of rotatable bonds is 12. The molecule has 0 saturated carbocycles. The molecule has 1 N–H and O–H groups in total. The second-order valence-electron chi connectivity index (χ2n) is 9.09. The van der Waals surface area contributed by atoms with Crippen molar-refractivity contribution in [1.29, 1.82) is 0 Å². The molecule has 0 bridgehead atoms. The fraction of sp³-hybridized carbons (Fsp3) is 0.864. The molecular formula is C22H42N8O. The van der Waals surface area contributed by atoms with Crippen LogP contribution in [0.3, 0.4) is 0 Å². The predicted molar refractivity (Wildman–Crippen MR) is 127 cm³/mol. The van der Waals surface area contributed by atoms with Gasteiger partial charge >= 0.3 is 0 Å². The predicted octanol–water partition coefficient (Wildman–Crippen LogP) is 1.49. The molecule has 1 aromatic rings. The molecule has 0 spiro atoms. The number of aromatic nitrogens is 3. The second-order valence-corrected chi connectivity index (χ2v) is 9.09. The molecule has 2 aliphatic heterocycles. The molecule has 176 valence electrons. The number of nitrogens with zero attached hydrogens (tertiary/aromatic N) is 7. The lowest BCUT2D eigenvalue weighted by molar-refractivity contribution is 0.210. The lowest BCUT2D eigenvalue weighted by Crippen LogP contribution is -2.31. The van der Waals surface area contributed by atoms with Crippen molar-refractivity contribution < 1.29 is 4.74 Å². The first-order valence-electron chi connectivity index (χ1n) is 11.9. The monoisotopic (exact) mass is 434 g/mol. The minimum atomic E-state index is 0.626. The topological polar surface area (TPSA) is 72.9 Å². The molecule has 9 nitrogen and oxygen atoms in total. The van der Waals surface area contributed by atoms with Crippen LogP contribution in [0, 0.1) is 11.8 Å². The van der Waals surface area contributed by atoms with E-state index in [9.17, 15) is 0 Å². The van der Waals surface area contributed by atoms with Gasteiger partial charge in [-0.2, -0.15) is 15.0 Å². The zero-order valence-corrected chi connectivity index (χ0v) is 20.2. The van der Waals surface area contributed by atoms with Gasteiger partial charge in [-0.1, -0.05) is 13.8 Å². The summed E-state index contributed by atoms with van der Waals surface area (Å²) in [4.78, 5) is 23.9. The third-order valence-electron chi connectivity index (χ3n) is 6.56. The molecule has 2 atom stereocenters. The van der Waals surface area contributed by atoms with Gasteiger partial charge in [-0.3, -0.25) is 0 Å². The molecule has 31 heavy (non-hydrogen) atoms. The maximum absolute atomic E-state index is 5.18. The molecule has 3 heterocycles. The standard InChI is InChI=1S/C22H42N8O/c1-6-27(3)14-18-8-11-29(16-18)21-24-20(23-10-13-31-5)25-22(26-21)30-12-9-19(17-30)15-28(4)7-2/h18-19H,6-17H2,1-5H3,(H,23,24,25,26)/t18-,19-/m1/s1. The minimum Gasteiger partial charge on any atom is -0.383 e. The molecule has 9 heteroatoms. The van der Waals surface area contributed by atoms with Gasteiger partial charge in [0.05, 0.1) is 6.61 Å². The van der Waals surface area contributed by atoms with Crippen molar-refractivity contribution in [2.24, 2.45) is 11.8 Å². The normalized spacial score (nSPS) is 21.6. The number of anilines is 3. The summed E-state index contributed by atoms with van der Waals surface area (Å²) >= 11 is 0. The Hall–Kier alpha value is -1.71. The molecule has 0 unspecified atom stereocenters. The SMILES string of the molecule is CCN(C)C[C@H]1CCN(c2nc(NCCOC)nc(N3CC[C@H](CN(C)CC)C3)n2)C1. The van der Waals surface area contributed by atoms with Crippen molar-refractivity contribution in [3.8, 4) is 0 Å². The van der Waals surface area contributed by atoms with Gasteiger partial charge in [-0.05, 0) is 51.9 Å². The zero-order valence-electron chi connectivity index (χ0n) is 20.2. The van der Waals surface area contributed by atoms with Crippen molar-refractivity contribution in [3.05, 3.63) is 0 Å². The van der Waals surface area contributed by atoms with E-state index >= 15 is 0 Å². The van der Waals surface area contributed by atoms with Crippen molar-refractivity contribution in [2.45, 2.75) is 26.7 Å². The Labute approximate surface area is 188 Å². The van der Waals surface area contributed by atoms with E-state index in [0.29, 0.717) is 30.9 Å². The average molecular weight is 435 g/mol. The maximum Gasteiger partial charge on any atom is 0.231 e. The highest BCUT2D eigenvalue weighted by Crippen LogP contribution is 2.27. The molecule has 3 rings (SSSR count). The summed E-state index contributed by atoms with van der Waals surface area (Å²) < 4.78 is 5.18.